The quantitative estimate of drug-likeness (QED) is 0.526. The molecule has 0 N–H and O–H groups in total. The standard InChI is InChI=1S/C25H30FN3O2/c1-4-5-14-31-21-7-8-22-18(15-21)10-13-29(25(22)30)19-6-9-24(23(26)16-19)28-12-11-20(17-28)27(2)3/h6-10,13,15-16,20H,4-5,11-12,14,17H2,1-3H3. The van der Waals surface area contributed by atoms with Crippen LogP contribution in [0.2, 0.25) is 0 Å². The van der Waals surface area contributed by atoms with Gasteiger partial charge in [-0.15, -0.1) is 0 Å². The lowest BCUT2D eigenvalue weighted by Crippen LogP contribution is -2.31. The van der Waals surface area contributed by atoms with Crippen molar-refractivity contribution < 1.29 is 9.13 Å². The van der Waals surface area contributed by atoms with Crippen LogP contribution in [0.3, 0.4) is 0 Å². The van der Waals surface area contributed by atoms with Crippen molar-refractivity contribution in [3.63, 3.8) is 0 Å². The Morgan fingerprint density at radius 1 is 1.16 bits per heavy atom. The number of fused-ring (bicyclic) bond motifs is 1. The number of nitrogens with zero attached hydrogens (tertiary/aromatic N) is 3. The Morgan fingerprint density at radius 2 is 2.00 bits per heavy atom. The van der Waals surface area contributed by atoms with E-state index in [0.29, 0.717) is 29.4 Å². The van der Waals surface area contributed by atoms with Gasteiger partial charge in [0.2, 0.25) is 0 Å². The zero-order valence-electron chi connectivity index (χ0n) is 18.5. The van der Waals surface area contributed by atoms with Gasteiger partial charge in [0.1, 0.15) is 11.6 Å². The molecule has 2 aromatic carbocycles. The first-order valence-corrected chi connectivity index (χ1v) is 11.0. The summed E-state index contributed by atoms with van der Waals surface area (Å²) >= 11 is 0. The maximum Gasteiger partial charge on any atom is 0.262 e. The molecule has 0 saturated carbocycles. The summed E-state index contributed by atoms with van der Waals surface area (Å²) in [6.45, 7) is 4.42. The average Bonchev–Trinajstić information content (AvgIpc) is 3.24. The van der Waals surface area contributed by atoms with Crippen LogP contribution in [0, 0.1) is 5.82 Å². The van der Waals surface area contributed by atoms with Crippen LogP contribution in [0.5, 0.6) is 5.75 Å². The summed E-state index contributed by atoms with van der Waals surface area (Å²) in [6.07, 6.45) is 4.78. The number of pyridine rings is 1. The number of halogens is 1. The fourth-order valence-corrected chi connectivity index (χ4v) is 4.14. The van der Waals surface area contributed by atoms with Gasteiger partial charge in [0.05, 0.1) is 18.0 Å². The lowest BCUT2D eigenvalue weighted by Gasteiger charge is -2.22. The number of rotatable bonds is 7. The molecule has 1 unspecified atom stereocenters. The molecule has 1 atom stereocenters. The molecule has 164 valence electrons. The largest absolute Gasteiger partial charge is 0.494 e. The molecule has 6 heteroatoms. The van der Waals surface area contributed by atoms with E-state index in [1.54, 1.807) is 18.3 Å². The molecule has 1 aliphatic heterocycles. The third-order valence-electron chi connectivity index (χ3n) is 6.09. The van der Waals surface area contributed by atoms with E-state index in [2.05, 4.69) is 30.8 Å². The lowest BCUT2D eigenvalue weighted by molar-refractivity contribution is 0.310. The number of hydrogen-bond acceptors (Lipinski definition) is 4. The van der Waals surface area contributed by atoms with Crippen LogP contribution in [-0.4, -0.2) is 49.3 Å². The van der Waals surface area contributed by atoms with Crippen LogP contribution in [0.1, 0.15) is 26.2 Å². The summed E-state index contributed by atoms with van der Waals surface area (Å²) in [5.41, 5.74) is 0.953. The topological polar surface area (TPSA) is 37.7 Å². The maximum atomic E-state index is 15.0. The highest BCUT2D eigenvalue weighted by Crippen LogP contribution is 2.27. The van der Waals surface area contributed by atoms with Crippen LogP contribution in [0.25, 0.3) is 16.5 Å². The minimum absolute atomic E-state index is 0.168. The minimum atomic E-state index is -0.302. The number of unbranched alkanes of at least 4 members (excludes halogenated alkanes) is 1. The second-order valence-electron chi connectivity index (χ2n) is 8.43. The second kappa shape index (κ2) is 9.10. The highest BCUT2D eigenvalue weighted by atomic mass is 19.1. The van der Waals surface area contributed by atoms with Gasteiger partial charge in [-0.05, 0) is 68.7 Å². The summed E-state index contributed by atoms with van der Waals surface area (Å²) in [6, 6.07) is 12.8. The molecule has 1 aliphatic rings. The predicted molar refractivity (Wildman–Crippen MR) is 124 cm³/mol. The molecule has 31 heavy (non-hydrogen) atoms. The van der Waals surface area contributed by atoms with E-state index in [4.69, 9.17) is 4.74 Å². The van der Waals surface area contributed by atoms with Crippen molar-refractivity contribution in [2.45, 2.75) is 32.2 Å². The van der Waals surface area contributed by atoms with Crippen molar-refractivity contribution in [3.8, 4) is 11.4 Å². The second-order valence-corrected chi connectivity index (χ2v) is 8.43. The van der Waals surface area contributed by atoms with E-state index < -0.39 is 0 Å². The van der Waals surface area contributed by atoms with Crippen molar-refractivity contribution in [1.82, 2.24) is 9.47 Å². The Balaban J connectivity index is 1.60. The number of benzene rings is 2. The minimum Gasteiger partial charge on any atom is -0.494 e. The summed E-state index contributed by atoms with van der Waals surface area (Å²) in [7, 11) is 4.11. The molecule has 0 bridgehead atoms. The predicted octanol–water partition coefficient (Wildman–Crippen LogP) is 4.45. The van der Waals surface area contributed by atoms with Crippen LogP contribution in [-0.2, 0) is 0 Å². The van der Waals surface area contributed by atoms with E-state index in [-0.39, 0.29) is 11.4 Å². The van der Waals surface area contributed by atoms with Gasteiger partial charge in [-0.25, -0.2) is 4.39 Å². The van der Waals surface area contributed by atoms with Gasteiger partial charge < -0.3 is 14.5 Å². The molecule has 0 amide bonds. The molecular weight excluding hydrogens is 393 g/mol. The van der Waals surface area contributed by atoms with E-state index in [1.807, 2.05) is 24.3 Å². The number of likely N-dealkylation sites (N-methyl/N-ethyl adjacent to an activating group) is 1. The normalized spacial score (nSPS) is 16.4. The zero-order valence-corrected chi connectivity index (χ0v) is 18.5. The summed E-state index contributed by atoms with van der Waals surface area (Å²) in [4.78, 5) is 17.3. The third kappa shape index (κ3) is 4.44. The van der Waals surface area contributed by atoms with Crippen molar-refractivity contribution in [3.05, 3.63) is 64.8 Å². The number of anilines is 1. The van der Waals surface area contributed by atoms with Gasteiger partial charge in [0.15, 0.2) is 0 Å². The van der Waals surface area contributed by atoms with E-state index in [1.165, 1.54) is 10.6 Å². The van der Waals surface area contributed by atoms with Gasteiger partial charge in [-0.1, -0.05) is 13.3 Å². The Morgan fingerprint density at radius 3 is 2.71 bits per heavy atom. The first-order valence-electron chi connectivity index (χ1n) is 11.0. The Labute approximate surface area is 182 Å². The van der Waals surface area contributed by atoms with Crippen LogP contribution in [0.4, 0.5) is 10.1 Å². The van der Waals surface area contributed by atoms with Crippen LogP contribution >= 0.6 is 0 Å². The fourth-order valence-electron chi connectivity index (χ4n) is 4.14. The van der Waals surface area contributed by atoms with Crippen molar-refractivity contribution in [1.29, 1.82) is 0 Å². The van der Waals surface area contributed by atoms with Crippen molar-refractivity contribution >= 4 is 16.5 Å². The maximum absolute atomic E-state index is 15.0. The third-order valence-corrected chi connectivity index (χ3v) is 6.09. The Hall–Kier alpha value is -2.86. The van der Waals surface area contributed by atoms with Gasteiger partial charge in [0, 0.05) is 36.8 Å². The lowest BCUT2D eigenvalue weighted by atomic mass is 10.1. The van der Waals surface area contributed by atoms with Gasteiger partial charge in [0.25, 0.3) is 5.56 Å². The molecular formula is C25H30FN3O2. The van der Waals surface area contributed by atoms with Gasteiger partial charge in [-0.2, -0.15) is 0 Å². The van der Waals surface area contributed by atoms with Crippen LogP contribution in [0.15, 0.2) is 53.5 Å². The zero-order chi connectivity index (χ0) is 22.0. The van der Waals surface area contributed by atoms with Crippen molar-refractivity contribution in [2.24, 2.45) is 0 Å². The van der Waals surface area contributed by atoms with Crippen LogP contribution < -0.4 is 15.2 Å². The molecule has 3 aromatic rings. The molecule has 1 saturated heterocycles. The molecule has 1 fully saturated rings. The monoisotopic (exact) mass is 423 g/mol. The van der Waals surface area contributed by atoms with E-state index in [9.17, 15) is 9.18 Å². The molecule has 1 aromatic heterocycles. The Kier molecular flexibility index (Phi) is 6.28. The summed E-state index contributed by atoms with van der Waals surface area (Å²) < 4.78 is 22.2. The first-order chi connectivity index (χ1) is 15.0. The SMILES string of the molecule is CCCCOc1ccc2c(=O)n(-c3ccc(N4CCC(N(C)C)C4)c(F)c3)ccc2c1. The number of ether oxygens (including phenoxy) is 1. The fraction of sp³-hybridized carbons (Fsp3) is 0.400. The molecule has 2 heterocycles. The molecule has 0 radical (unpaired) electrons. The average molecular weight is 424 g/mol. The molecule has 4 rings (SSSR count). The van der Waals surface area contributed by atoms with Gasteiger partial charge >= 0.3 is 0 Å². The summed E-state index contributed by atoms with van der Waals surface area (Å²) in [5.74, 6) is 0.457. The molecule has 0 spiro atoms. The smallest absolute Gasteiger partial charge is 0.262 e. The number of hydrogen-bond donors (Lipinski definition) is 0. The highest BCUT2D eigenvalue weighted by molar-refractivity contribution is 5.83. The van der Waals surface area contributed by atoms with E-state index >= 15 is 0 Å². The summed E-state index contributed by atoms with van der Waals surface area (Å²) in [5, 5.41) is 1.40. The van der Waals surface area contributed by atoms with Gasteiger partial charge in [-0.3, -0.25) is 9.36 Å². The number of aromatic nitrogens is 1. The highest BCUT2D eigenvalue weighted by Gasteiger charge is 2.26. The Bertz CT molecular complexity index is 1130. The molecule has 0 aliphatic carbocycles. The van der Waals surface area contributed by atoms with E-state index in [0.717, 1.165) is 43.5 Å². The first kappa shape index (κ1) is 21.4. The molecule has 5 nitrogen and oxygen atoms in total. The van der Waals surface area contributed by atoms with Crippen molar-refractivity contribution in [2.75, 3.05) is 38.7 Å².